The van der Waals surface area contributed by atoms with Crippen molar-refractivity contribution in [3.8, 4) is 0 Å². The Balaban J connectivity index is 2.83. The van der Waals surface area contributed by atoms with Crippen molar-refractivity contribution < 1.29 is 13.2 Å². The zero-order chi connectivity index (χ0) is 11.0. The molecule has 1 unspecified atom stereocenters. The fraction of sp³-hybridized carbons (Fsp3) is 0.571. The van der Waals surface area contributed by atoms with Gasteiger partial charge in [-0.3, -0.25) is 4.99 Å². The maximum atomic E-state index is 12.3. The van der Waals surface area contributed by atoms with E-state index >= 15 is 0 Å². The minimum absolute atomic E-state index is 0.193. The van der Waals surface area contributed by atoms with Gasteiger partial charge >= 0.3 is 6.18 Å². The van der Waals surface area contributed by atoms with Gasteiger partial charge < -0.3 is 5.73 Å². The summed E-state index contributed by atoms with van der Waals surface area (Å²) in [6.07, 6.45) is -3.09. The van der Waals surface area contributed by atoms with E-state index in [4.69, 9.17) is 28.9 Å². The van der Waals surface area contributed by atoms with Gasteiger partial charge in [0.05, 0.1) is 5.70 Å². The highest BCUT2D eigenvalue weighted by molar-refractivity contribution is 6.46. The van der Waals surface area contributed by atoms with Crippen LogP contribution in [0.5, 0.6) is 0 Å². The first-order chi connectivity index (χ1) is 6.26. The number of halogens is 5. The number of rotatable bonds is 1. The second-order valence-electron chi connectivity index (χ2n) is 2.93. The van der Waals surface area contributed by atoms with Crippen LogP contribution in [-0.4, -0.2) is 22.8 Å². The zero-order valence-electron chi connectivity index (χ0n) is 6.85. The third-order valence-electron chi connectivity index (χ3n) is 1.84. The highest BCUT2D eigenvalue weighted by atomic mass is 35.5. The fourth-order valence-electron chi connectivity index (χ4n) is 0.903. The number of aliphatic imine (C=N–C) groups is 1. The minimum Gasteiger partial charge on any atom is -0.313 e. The Morgan fingerprint density at radius 1 is 1.50 bits per heavy atom. The smallest absolute Gasteiger partial charge is 0.313 e. The highest BCUT2D eigenvalue weighted by Gasteiger charge is 2.51. The summed E-state index contributed by atoms with van der Waals surface area (Å²) in [6.45, 7) is 0. The number of nitrogens with zero attached hydrogens (tertiary/aromatic N) is 1. The van der Waals surface area contributed by atoms with Crippen LogP contribution in [0.15, 0.2) is 16.8 Å². The molecule has 0 radical (unpaired) electrons. The summed E-state index contributed by atoms with van der Waals surface area (Å²) in [7, 11) is 0. The van der Waals surface area contributed by atoms with E-state index in [0.717, 1.165) is 0 Å². The van der Waals surface area contributed by atoms with E-state index in [1.165, 1.54) is 6.08 Å². The van der Waals surface area contributed by atoms with Gasteiger partial charge in [-0.2, -0.15) is 13.2 Å². The predicted molar refractivity (Wildman–Crippen MR) is 49.7 cm³/mol. The first-order valence-electron chi connectivity index (χ1n) is 3.65. The number of allylic oxidation sites excluding steroid dienone is 1. The molecule has 0 amide bonds. The highest BCUT2D eigenvalue weighted by Crippen LogP contribution is 2.33. The number of alkyl halides is 5. The summed E-state index contributed by atoms with van der Waals surface area (Å²) in [6, 6.07) is 0. The molecule has 0 spiro atoms. The normalized spacial score (nSPS) is 28.1. The first kappa shape index (κ1) is 11.8. The Kier molecular flexibility index (Phi) is 3.13. The second-order valence-corrected chi connectivity index (χ2v) is 4.03. The summed E-state index contributed by atoms with van der Waals surface area (Å²) < 4.78 is 37.0. The van der Waals surface area contributed by atoms with Crippen LogP contribution in [0.4, 0.5) is 13.2 Å². The van der Waals surface area contributed by atoms with Crippen molar-refractivity contribution in [2.75, 3.05) is 0 Å². The van der Waals surface area contributed by atoms with E-state index in [1.807, 2.05) is 0 Å². The minimum atomic E-state index is -4.52. The van der Waals surface area contributed by atoms with E-state index in [9.17, 15) is 13.2 Å². The molecule has 0 aromatic rings. The zero-order valence-corrected chi connectivity index (χ0v) is 8.37. The average Bonchev–Trinajstić information content (AvgIpc) is 2.03. The number of hydrogen-bond donors (Lipinski definition) is 1. The molecule has 2 N–H and O–H groups in total. The maximum absolute atomic E-state index is 12.3. The van der Waals surface area contributed by atoms with E-state index in [2.05, 4.69) is 4.99 Å². The summed E-state index contributed by atoms with van der Waals surface area (Å²) in [4.78, 5) is 2.55. The molecular formula is C7H7Cl2F3N2. The van der Waals surface area contributed by atoms with Crippen molar-refractivity contribution in [3.05, 3.63) is 11.8 Å². The lowest BCUT2D eigenvalue weighted by Crippen LogP contribution is -2.55. The van der Waals surface area contributed by atoms with Gasteiger partial charge in [0, 0.05) is 6.21 Å². The van der Waals surface area contributed by atoms with Crippen LogP contribution in [0.25, 0.3) is 0 Å². The molecule has 1 heterocycles. The molecule has 7 heteroatoms. The Hall–Kier alpha value is -0.260. The summed E-state index contributed by atoms with van der Waals surface area (Å²) in [5.41, 5.74) is 2.88. The van der Waals surface area contributed by atoms with Gasteiger partial charge in [-0.25, -0.2) is 0 Å². The lowest BCUT2D eigenvalue weighted by molar-refractivity contribution is -0.163. The fourth-order valence-corrected chi connectivity index (χ4v) is 1.19. The lowest BCUT2D eigenvalue weighted by Gasteiger charge is -2.29. The Morgan fingerprint density at radius 2 is 2.07 bits per heavy atom. The van der Waals surface area contributed by atoms with Crippen LogP contribution in [0, 0.1) is 0 Å². The summed E-state index contributed by atoms with van der Waals surface area (Å²) >= 11 is 10.9. The van der Waals surface area contributed by atoms with E-state index in [1.54, 1.807) is 0 Å². The number of hydrogen-bond acceptors (Lipinski definition) is 2. The monoisotopic (exact) mass is 246 g/mol. The first-order valence-corrected chi connectivity index (χ1v) is 4.52. The van der Waals surface area contributed by atoms with Gasteiger partial charge in [-0.05, 0) is 6.42 Å². The van der Waals surface area contributed by atoms with Gasteiger partial charge in [-0.15, -0.1) is 0 Å². The Bertz CT molecular complexity index is 285. The number of nitrogens with two attached hydrogens (primary N) is 1. The predicted octanol–water partition coefficient (Wildman–Crippen LogP) is 2.41. The molecular weight excluding hydrogens is 240 g/mol. The van der Waals surface area contributed by atoms with Gasteiger partial charge in [-0.1, -0.05) is 29.3 Å². The molecule has 80 valence electrons. The summed E-state index contributed by atoms with van der Waals surface area (Å²) in [5.74, 6) is 0. The molecule has 0 aliphatic carbocycles. The molecule has 0 fully saturated rings. The quantitative estimate of drug-likeness (QED) is 0.710. The molecule has 0 saturated carbocycles. The van der Waals surface area contributed by atoms with Gasteiger partial charge in [0.2, 0.25) is 0 Å². The SMILES string of the molecule is NC1(C(F)(F)F)C=NC(C(Cl)Cl)=CC1. The molecule has 1 aliphatic rings. The van der Waals surface area contributed by atoms with Gasteiger partial charge in [0.25, 0.3) is 0 Å². The molecule has 0 aromatic carbocycles. The van der Waals surface area contributed by atoms with E-state index in [0.29, 0.717) is 6.21 Å². The molecule has 1 atom stereocenters. The largest absolute Gasteiger partial charge is 0.411 e. The Morgan fingerprint density at radius 3 is 2.36 bits per heavy atom. The van der Waals surface area contributed by atoms with Crippen LogP contribution < -0.4 is 5.73 Å². The third-order valence-corrected chi connectivity index (χ3v) is 2.29. The average molecular weight is 247 g/mol. The van der Waals surface area contributed by atoms with Crippen LogP contribution in [0.3, 0.4) is 0 Å². The standard InChI is InChI=1S/C7H7Cl2F3N2/c8-5(9)4-1-2-6(13,3-14-4)7(10,11)12/h1,3,5H,2,13H2. The second kappa shape index (κ2) is 3.72. The lowest BCUT2D eigenvalue weighted by atomic mass is 9.95. The van der Waals surface area contributed by atoms with Crippen LogP contribution in [-0.2, 0) is 0 Å². The topological polar surface area (TPSA) is 38.4 Å². The van der Waals surface area contributed by atoms with Crippen molar-refractivity contribution in [2.24, 2.45) is 10.7 Å². The van der Waals surface area contributed by atoms with E-state index in [-0.39, 0.29) is 5.70 Å². The van der Waals surface area contributed by atoms with Crippen molar-refractivity contribution in [1.29, 1.82) is 0 Å². The van der Waals surface area contributed by atoms with Crippen LogP contribution in [0.2, 0.25) is 0 Å². The van der Waals surface area contributed by atoms with Gasteiger partial charge in [0.15, 0.2) is 5.54 Å². The molecule has 1 rings (SSSR count). The molecule has 2 nitrogen and oxygen atoms in total. The molecule has 0 aromatic heterocycles. The summed E-state index contributed by atoms with van der Waals surface area (Å²) in [5, 5.41) is 0. The Labute approximate surface area is 88.6 Å². The van der Waals surface area contributed by atoms with Crippen LogP contribution in [0.1, 0.15) is 6.42 Å². The van der Waals surface area contributed by atoms with E-state index < -0.39 is 23.0 Å². The van der Waals surface area contributed by atoms with Crippen molar-refractivity contribution in [3.63, 3.8) is 0 Å². The van der Waals surface area contributed by atoms with Crippen molar-refractivity contribution >= 4 is 29.4 Å². The molecule has 0 saturated heterocycles. The van der Waals surface area contributed by atoms with Crippen molar-refractivity contribution in [2.45, 2.75) is 23.0 Å². The van der Waals surface area contributed by atoms with Crippen LogP contribution >= 0.6 is 23.2 Å². The van der Waals surface area contributed by atoms with Gasteiger partial charge in [0.1, 0.15) is 4.84 Å². The molecule has 0 bridgehead atoms. The third kappa shape index (κ3) is 2.21. The maximum Gasteiger partial charge on any atom is 0.411 e. The molecule has 14 heavy (non-hydrogen) atoms. The van der Waals surface area contributed by atoms with Crippen molar-refractivity contribution in [1.82, 2.24) is 0 Å². The molecule has 1 aliphatic heterocycles.